The lowest BCUT2D eigenvalue weighted by Crippen LogP contribution is -2.21. The summed E-state index contributed by atoms with van der Waals surface area (Å²) in [5.74, 6) is -0.0643. The van der Waals surface area contributed by atoms with Crippen molar-refractivity contribution in [2.45, 2.75) is 39.5 Å². The first-order valence-electron chi connectivity index (χ1n) is 8.73. The van der Waals surface area contributed by atoms with Crippen molar-refractivity contribution in [3.05, 3.63) is 51.2 Å². The molecular formula is C20H23NO3S. The molecule has 1 aromatic carbocycles. The highest BCUT2D eigenvalue weighted by Crippen LogP contribution is 2.32. The molecule has 132 valence electrons. The average Bonchev–Trinajstić information content (AvgIpc) is 3.03. The van der Waals surface area contributed by atoms with Gasteiger partial charge in [0.1, 0.15) is 4.88 Å². The zero-order valence-corrected chi connectivity index (χ0v) is 15.4. The number of thiophene rings is 1. The van der Waals surface area contributed by atoms with E-state index in [-0.39, 0.29) is 12.5 Å². The fraction of sp³-hybridized carbons (Fsp3) is 0.400. The Morgan fingerprint density at radius 1 is 1.32 bits per heavy atom. The fourth-order valence-electron chi connectivity index (χ4n) is 3.15. The van der Waals surface area contributed by atoms with E-state index in [4.69, 9.17) is 4.74 Å². The van der Waals surface area contributed by atoms with Crippen LogP contribution in [-0.2, 0) is 28.8 Å². The summed E-state index contributed by atoms with van der Waals surface area (Å²) < 4.78 is 5.20. The molecule has 0 fully saturated rings. The Hall–Kier alpha value is -2.14. The SMILES string of the molecule is CCc1ccccc1NC(=O)COC(=O)c1cc2c(s1)CCC(C)C2. The first-order valence-corrected chi connectivity index (χ1v) is 9.55. The van der Waals surface area contributed by atoms with Crippen LogP contribution in [0.25, 0.3) is 0 Å². The normalized spacial score (nSPS) is 16.2. The molecule has 3 rings (SSSR count). The van der Waals surface area contributed by atoms with Gasteiger partial charge in [-0.05, 0) is 54.9 Å². The van der Waals surface area contributed by atoms with Gasteiger partial charge in [0.05, 0.1) is 0 Å². The predicted molar refractivity (Wildman–Crippen MR) is 100 cm³/mol. The third kappa shape index (κ3) is 4.28. The third-order valence-corrected chi connectivity index (χ3v) is 5.75. The van der Waals surface area contributed by atoms with Gasteiger partial charge in [-0.15, -0.1) is 11.3 Å². The van der Waals surface area contributed by atoms with Gasteiger partial charge in [0.25, 0.3) is 5.91 Å². The number of benzene rings is 1. The van der Waals surface area contributed by atoms with Gasteiger partial charge < -0.3 is 10.1 Å². The van der Waals surface area contributed by atoms with Crippen molar-refractivity contribution in [1.82, 2.24) is 0 Å². The van der Waals surface area contributed by atoms with Gasteiger partial charge in [0.15, 0.2) is 6.61 Å². The van der Waals surface area contributed by atoms with Gasteiger partial charge in [0, 0.05) is 10.6 Å². The maximum Gasteiger partial charge on any atom is 0.348 e. The number of anilines is 1. The lowest BCUT2D eigenvalue weighted by atomic mass is 9.90. The minimum atomic E-state index is -0.411. The molecule has 2 aromatic rings. The van der Waals surface area contributed by atoms with Crippen LogP contribution in [0.4, 0.5) is 5.69 Å². The molecule has 1 heterocycles. The molecule has 1 amide bonds. The number of nitrogens with one attached hydrogen (secondary N) is 1. The van der Waals surface area contributed by atoms with E-state index in [9.17, 15) is 9.59 Å². The van der Waals surface area contributed by atoms with Crippen molar-refractivity contribution in [3.8, 4) is 0 Å². The summed E-state index contributed by atoms with van der Waals surface area (Å²) in [6, 6.07) is 9.57. The minimum Gasteiger partial charge on any atom is -0.451 e. The lowest BCUT2D eigenvalue weighted by molar-refractivity contribution is -0.119. The van der Waals surface area contributed by atoms with Crippen LogP contribution in [-0.4, -0.2) is 18.5 Å². The Labute approximate surface area is 152 Å². The summed E-state index contributed by atoms with van der Waals surface area (Å²) in [6.45, 7) is 4.00. The van der Waals surface area contributed by atoms with Crippen LogP contribution in [0.1, 0.15) is 45.9 Å². The van der Waals surface area contributed by atoms with E-state index in [0.717, 1.165) is 30.5 Å². The zero-order chi connectivity index (χ0) is 17.8. The highest BCUT2D eigenvalue weighted by atomic mass is 32.1. The van der Waals surface area contributed by atoms with Crippen molar-refractivity contribution < 1.29 is 14.3 Å². The molecule has 0 bridgehead atoms. The summed E-state index contributed by atoms with van der Waals surface area (Å²) >= 11 is 1.50. The Balaban J connectivity index is 1.56. The van der Waals surface area contributed by atoms with E-state index in [2.05, 4.69) is 12.2 Å². The van der Waals surface area contributed by atoms with Crippen LogP contribution in [0.3, 0.4) is 0 Å². The van der Waals surface area contributed by atoms with Crippen molar-refractivity contribution in [1.29, 1.82) is 0 Å². The summed E-state index contributed by atoms with van der Waals surface area (Å²) in [7, 11) is 0. The first-order chi connectivity index (χ1) is 12.1. The highest BCUT2D eigenvalue weighted by molar-refractivity contribution is 7.14. The minimum absolute atomic E-state index is 0.268. The molecule has 0 radical (unpaired) electrons. The van der Waals surface area contributed by atoms with E-state index >= 15 is 0 Å². The number of para-hydroxylation sites is 1. The van der Waals surface area contributed by atoms with E-state index in [1.165, 1.54) is 28.2 Å². The van der Waals surface area contributed by atoms with Gasteiger partial charge in [-0.1, -0.05) is 32.0 Å². The molecule has 0 saturated heterocycles. The molecule has 0 aliphatic heterocycles. The number of aryl methyl sites for hydroxylation is 2. The van der Waals surface area contributed by atoms with Crippen LogP contribution >= 0.6 is 11.3 Å². The van der Waals surface area contributed by atoms with Crippen LogP contribution in [0.5, 0.6) is 0 Å². The third-order valence-electron chi connectivity index (χ3n) is 4.54. The highest BCUT2D eigenvalue weighted by Gasteiger charge is 2.21. The Morgan fingerprint density at radius 2 is 2.12 bits per heavy atom. The monoisotopic (exact) mass is 357 g/mol. The summed E-state index contributed by atoms with van der Waals surface area (Å²) in [6.07, 6.45) is 4.05. The maximum atomic E-state index is 12.2. The largest absolute Gasteiger partial charge is 0.451 e. The van der Waals surface area contributed by atoms with Crippen molar-refractivity contribution in [3.63, 3.8) is 0 Å². The van der Waals surface area contributed by atoms with Gasteiger partial charge in [0.2, 0.25) is 0 Å². The van der Waals surface area contributed by atoms with Gasteiger partial charge in [-0.3, -0.25) is 4.79 Å². The molecule has 0 spiro atoms. The fourth-order valence-corrected chi connectivity index (χ4v) is 4.25. The van der Waals surface area contributed by atoms with Crippen molar-refractivity contribution in [2.75, 3.05) is 11.9 Å². The van der Waals surface area contributed by atoms with Crippen LogP contribution in [0.15, 0.2) is 30.3 Å². The second-order valence-electron chi connectivity index (χ2n) is 6.54. The topological polar surface area (TPSA) is 55.4 Å². The number of hydrogen-bond donors (Lipinski definition) is 1. The van der Waals surface area contributed by atoms with Gasteiger partial charge >= 0.3 is 5.97 Å². The lowest BCUT2D eigenvalue weighted by Gasteiger charge is -2.16. The standard InChI is InChI=1S/C20H23NO3S/c1-3-14-6-4-5-7-16(14)21-19(22)12-24-20(23)18-11-15-10-13(2)8-9-17(15)25-18/h4-7,11,13H,3,8-10,12H2,1-2H3,(H,21,22). The quantitative estimate of drug-likeness (QED) is 0.815. The number of hydrogen-bond acceptors (Lipinski definition) is 4. The van der Waals surface area contributed by atoms with Crippen LogP contribution < -0.4 is 5.32 Å². The van der Waals surface area contributed by atoms with E-state index in [1.807, 2.05) is 37.3 Å². The molecule has 1 aliphatic rings. The summed E-state index contributed by atoms with van der Waals surface area (Å²) in [4.78, 5) is 26.2. The number of amides is 1. The molecule has 4 nitrogen and oxygen atoms in total. The molecule has 25 heavy (non-hydrogen) atoms. The number of esters is 1. The Bertz CT molecular complexity index is 781. The molecule has 1 N–H and O–H groups in total. The molecule has 1 aliphatic carbocycles. The molecule has 1 unspecified atom stereocenters. The number of carbonyl (C=O) groups excluding carboxylic acids is 2. The molecule has 0 saturated carbocycles. The van der Waals surface area contributed by atoms with E-state index < -0.39 is 5.97 Å². The van der Waals surface area contributed by atoms with E-state index in [1.54, 1.807) is 0 Å². The maximum absolute atomic E-state index is 12.2. The van der Waals surface area contributed by atoms with Gasteiger partial charge in [-0.2, -0.15) is 0 Å². The first kappa shape index (κ1) is 17.7. The second-order valence-corrected chi connectivity index (χ2v) is 7.68. The molecule has 1 aromatic heterocycles. The Kier molecular flexibility index (Phi) is 5.53. The predicted octanol–water partition coefficient (Wildman–Crippen LogP) is 4.23. The Morgan fingerprint density at radius 3 is 2.92 bits per heavy atom. The van der Waals surface area contributed by atoms with E-state index in [0.29, 0.717) is 10.8 Å². The van der Waals surface area contributed by atoms with Crippen LogP contribution in [0, 0.1) is 5.92 Å². The summed E-state index contributed by atoms with van der Waals surface area (Å²) in [5.41, 5.74) is 3.09. The number of rotatable bonds is 5. The molecular weight excluding hydrogens is 334 g/mol. The second kappa shape index (κ2) is 7.83. The molecule has 5 heteroatoms. The number of ether oxygens (including phenoxy) is 1. The van der Waals surface area contributed by atoms with Crippen molar-refractivity contribution in [2.24, 2.45) is 5.92 Å². The van der Waals surface area contributed by atoms with Gasteiger partial charge in [-0.25, -0.2) is 4.79 Å². The number of carbonyl (C=O) groups is 2. The summed E-state index contributed by atoms with van der Waals surface area (Å²) in [5, 5.41) is 2.81. The smallest absolute Gasteiger partial charge is 0.348 e. The zero-order valence-electron chi connectivity index (χ0n) is 14.6. The molecule has 1 atom stereocenters. The average molecular weight is 357 g/mol. The number of fused-ring (bicyclic) bond motifs is 1. The van der Waals surface area contributed by atoms with Crippen LogP contribution in [0.2, 0.25) is 0 Å². The van der Waals surface area contributed by atoms with Crippen molar-refractivity contribution >= 4 is 28.9 Å².